The number of hydrogen-bond donors (Lipinski definition) is 2. The lowest BCUT2D eigenvalue weighted by atomic mass is 9.91. The summed E-state index contributed by atoms with van der Waals surface area (Å²) in [5.41, 5.74) is -0.419. The summed E-state index contributed by atoms with van der Waals surface area (Å²) in [6.07, 6.45) is 5.69. The van der Waals surface area contributed by atoms with Crippen LogP contribution in [0.2, 0.25) is 0 Å². The van der Waals surface area contributed by atoms with Crippen LogP contribution in [0.5, 0.6) is 0 Å². The lowest BCUT2D eigenvalue weighted by Gasteiger charge is -2.35. The number of hydrogen-bond acceptors (Lipinski definition) is 3. The maximum Gasteiger partial charge on any atom is 0.321 e. The van der Waals surface area contributed by atoms with Crippen LogP contribution in [0.3, 0.4) is 0 Å². The van der Waals surface area contributed by atoms with Crippen molar-refractivity contribution in [2.24, 2.45) is 11.8 Å². The van der Waals surface area contributed by atoms with Crippen LogP contribution in [0.25, 0.3) is 0 Å². The van der Waals surface area contributed by atoms with E-state index in [9.17, 15) is 18.8 Å². The van der Waals surface area contributed by atoms with Crippen molar-refractivity contribution in [3.8, 4) is 0 Å². The van der Waals surface area contributed by atoms with Gasteiger partial charge < -0.3 is 10.2 Å². The second-order valence-corrected chi connectivity index (χ2v) is 7.31. The number of nitrogens with one attached hydrogen (secondary N) is 2. The number of carbonyl (C=O) groups excluding carboxylic acids is 3. The molecule has 1 aromatic carbocycles. The maximum absolute atomic E-state index is 13.3. The second-order valence-electron chi connectivity index (χ2n) is 6.87. The number of carbonyl (C=O) groups is 3. The van der Waals surface area contributed by atoms with E-state index in [0.717, 1.165) is 0 Å². The third-order valence-electron chi connectivity index (χ3n) is 4.90. The standard InChI is InChI=1S/C19H19ClFN3O3/c1-19(23-18(27)22-11-25,13-3-6-15(21)7-4-13)10-24-9-12-2-5-14(20)8-16(12)17(24)26/h2-8,11-12,16H,9-10H2,1H3,(H2,22,23,25,27)/t12?,16?,19-/m0/s1. The number of allylic oxidation sites excluding steroid dienone is 2. The van der Waals surface area contributed by atoms with E-state index in [2.05, 4.69) is 5.32 Å². The molecule has 27 heavy (non-hydrogen) atoms. The molecule has 8 heteroatoms. The molecular weight excluding hydrogens is 373 g/mol. The Hall–Kier alpha value is -2.67. The van der Waals surface area contributed by atoms with Gasteiger partial charge in [-0.2, -0.15) is 0 Å². The number of likely N-dealkylation sites (tertiary alicyclic amines) is 1. The molecule has 1 aliphatic heterocycles. The Kier molecular flexibility index (Phi) is 5.32. The maximum atomic E-state index is 13.3. The molecule has 1 saturated heterocycles. The summed E-state index contributed by atoms with van der Waals surface area (Å²) in [6, 6.07) is 4.94. The van der Waals surface area contributed by atoms with Crippen molar-refractivity contribution in [3.05, 3.63) is 58.9 Å². The molecule has 1 fully saturated rings. The first-order valence-corrected chi connectivity index (χ1v) is 8.83. The van der Waals surface area contributed by atoms with Gasteiger partial charge in [0, 0.05) is 24.0 Å². The van der Waals surface area contributed by atoms with Crippen molar-refractivity contribution in [2.75, 3.05) is 13.1 Å². The molecule has 2 unspecified atom stereocenters. The Morgan fingerprint density at radius 2 is 2.11 bits per heavy atom. The predicted octanol–water partition coefficient (Wildman–Crippen LogP) is 2.26. The lowest BCUT2D eigenvalue weighted by molar-refractivity contribution is -0.130. The van der Waals surface area contributed by atoms with Crippen LogP contribution >= 0.6 is 11.6 Å². The van der Waals surface area contributed by atoms with E-state index in [1.54, 1.807) is 36.1 Å². The monoisotopic (exact) mass is 391 g/mol. The van der Waals surface area contributed by atoms with E-state index in [1.807, 2.05) is 11.4 Å². The van der Waals surface area contributed by atoms with Gasteiger partial charge >= 0.3 is 6.03 Å². The largest absolute Gasteiger partial charge is 0.339 e. The molecule has 0 aromatic heterocycles. The first-order chi connectivity index (χ1) is 12.8. The van der Waals surface area contributed by atoms with Gasteiger partial charge in [-0.05, 0) is 30.7 Å². The summed E-state index contributed by atoms with van der Waals surface area (Å²) in [5, 5.41) is 5.26. The molecule has 142 valence electrons. The van der Waals surface area contributed by atoms with Gasteiger partial charge in [0.05, 0.1) is 11.5 Å². The molecule has 0 spiro atoms. The van der Waals surface area contributed by atoms with Crippen molar-refractivity contribution < 1.29 is 18.8 Å². The van der Waals surface area contributed by atoms with E-state index in [-0.39, 0.29) is 30.7 Å². The fourth-order valence-electron chi connectivity index (χ4n) is 3.56. The first kappa shape index (κ1) is 19.1. The predicted molar refractivity (Wildman–Crippen MR) is 98.1 cm³/mol. The molecule has 6 nitrogen and oxygen atoms in total. The van der Waals surface area contributed by atoms with Crippen LogP contribution in [0.15, 0.2) is 47.5 Å². The minimum Gasteiger partial charge on any atom is -0.339 e. The zero-order chi connectivity index (χ0) is 19.6. The van der Waals surface area contributed by atoms with Gasteiger partial charge in [0.2, 0.25) is 12.3 Å². The van der Waals surface area contributed by atoms with Crippen LogP contribution in [-0.4, -0.2) is 36.3 Å². The van der Waals surface area contributed by atoms with E-state index >= 15 is 0 Å². The Balaban J connectivity index is 1.86. The van der Waals surface area contributed by atoms with E-state index in [4.69, 9.17) is 11.6 Å². The molecule has 1 aromatic rings. The van der Waals surface area contributed by atoms with Crippen LogP contribution in [0.1, 0.15) is 12.5 Å². The molecule has 0 radical (unpaired) electrons. The number of amides is 4. The average Bonchev–Trinajstić information content (AvgIpc) is 2.91. The number of halogens is 2. The van der Waals surface area contributed by atoms with Crippen molar-refractivity contribution in [1.82, 2.24) is 15.5 Å². The molecule has 2 N–H and O–H groups in total. The van der Waals surface area contributed by atoms with Crippen LogP contribution in [0, 0.1) is 17.7 Å². The molecule has 2 aliphatic rings. The fraction of sp³-hybridized carbons (Fsp3) is 0.316. The number of benzene rings is 1. The fourth-order valence-corrected chi connectivity index (χ4v) is 3.76. The summed E-state index contributed by atoms with van der Waals surface area (Å²) >= 11 is 6.01. The number of fused-ring (bicyclic) bond motifs is 1. The minimum atomic E-state index is -1.03. The highest BCUT2D eigenvalue weighted by Gasteiger charge is 2.42. The van der Waals surface area contributed by atoms with Crippen molar-refractivity contribution in [1.29, 1.82) is 0 Å². The molecule has 3 atom stereocenters. The van der Waals surface area contributed by atoms with E-state index in [1.165, 1.54) is 12.1 Å². The van der Waals surface area contributed by atoms with Gasteiger partial charge in [-0.1, -0.05) is 35.9 Å². The third kappa shape index (κ3) is 4.03. The summed E-state index contributed by atoms with van der Waals surface area (Å²) in [5.74, 6) is -0.815. The molecule has 3 rings (SSSR count). The van der Waals surface area contributed by atoms with Crippen molar-refractivity contribution in [2.45, 2.75) is 12.5 Å². The third-order valence-corrected chi connectivity index (χ3v) is 5.15. The highest BCUT2D eigenvalue weighted by atomic mass is 35.5. The molecule has 1 aliphatic carbocycles. The molecule has 0 bridgehead atoms. The Bertz CT molecular complexity index is 824. The average molecular weight is 392 g/mol. The molecular formula is C19H19ClFN3O3. The topological polar surface area (TPSA) is 78.5 Å². The molecule has 1 heterocycles. The van der Waals surface area contributed by atoms with Gasteiger partial charge in [-0.3, -0.25) is 14.9 Å². The summed E-state index contributed by atoms with van der Waals surface area (Å²) < 4.78 is 13.3. The summed E-state index contributed by atoms with van der Waals surface area (Å²) in [4.78, 5) is 37.0. The van der Waals surface area contributed by atoms with Gasteiger partial charge in [-0.25, -0.2) is 9.18 Å². The highest BCUT2D eigenvalue weighted by molar-refractivity contribution is 6.31. The van der Waals surface area contributed by atoms with Crippen molar-refractivity contribution in [3.63, 3.8) is 0 Å². The smallest absolute Gasteiger partial charge is 0.321 e. The van der Waals surface area contributed by atoms with Crippen molar-refractivity contribution >= 4 is 29.9 Å². The number of urea groups is 1. The summed E-state index contributed by atoms with van der Waals surface area (Å²) in [7, 11) is 0. The number of rotatable bonds is 5. The Morgan fingerprint density at radius 3 is 2.78 bits per heavy atom. The Labute approximate surface area is 161 Å². The van der Waals surface area contributed by atoms with Crippen LogP contribution < -0.4 is 10.6 Å². The SMILES string of the molecule is C[C@@](CN1CC2C=CC(Cl)=CC2C1=O)(NC(=O)NC=O)c1ccc(F)cc1. The van der Waals surface area contributed by atoms with E-state index in [0.29, 0.717) is 17.1 Å². The molecule has 0 saturated carbocycles. The first-order valence-electron chi connectivity index (χ1n) is 8.45. The lowest BCUT2D eigenvalue weighted by Crippen LogP contribution is -2.54. The number of imide groups is 1. The minimum absolute atomic E-state index is 0.0151. The second kappa shape index (κ2) is 7.52. The Morgan fingerprint density at radius 1 is 1.41 bits per heavy atom. The summed E-state index contributed by atoms with van der Waals surface area (Å²) in [6.45, 7) is 2.36. The van der Waals surface area contributed by atoms with Crippen LogP contribution in [-0.2, 0) is 15.1 Å². The van der Waals surface area contributed by atoms with Gasteiger partial charge in [0.15, 0.2) is 0 Å². The van der Waals surface area contributed by atoms with Gasteiger partial charge in [-0.15, -0.1) is 0 Å². The molecule has 4 amide bonds. The van der Waals surface area contributed by atoms with Gasteiger partial charge in [0.1, 0.15) is 5.82 Å². The van der Waals surface area contributed by atoms with E-state index < -0.39 is 17.4 Å². The van der Waals surface area contributed by atoms with Crippen LogP contribution in [0.4, 0.5) is 9.18 Å². The quantitative estimate of drug-likeness (QED) is 0.756. The zero-order valence-electron chi connectivity index (χ0n) is 14.6. The normalized spacial score (nSPS) is 23.3. The zero-order valence-corrected chi connectivity index (χ0v) is 15.4. The van der Waals surface area contributed by atoms with Gasteiger partial charge in [0.25, 0.3) is 0 Å². The highest BCUT2D eigenvalue weighted by Crippen LogP contribution is 2.35. The number of nitrogens with zero attached hydrogens (tertiary/aromatic N) is 1.